The average molecular weight is 382 g/mol. The molecule has 134 valence electrons. The van der Waals surface area contributed by atoms with E-state index in [1.54, 1.807) is 26.4 Å². The van der Waals surface area contributed by atoms with E-state index >= 15 is 0 Å². The van der Waals surface area contributed by atoms with Crippen LogP contribution in [0.25, 0.3) is 0 Å². The third-order valence-corrected chi connectivity index (χ3v) is 5.08. The van der Waals surface area contributed by atoms with Crippen LogP contribution < -0.4 is 10.1 Å². The van der Waals surface area contributed by atoms with Crippen molar-refractivity contribution in [3.63, 3.8) is 0 Å². The molecule has 1 fully saturated rings. The number of nitrogens with zero attached hydrogens (tertiary/aromatic N) is 2. The second-order valence-corrected chi connectivity index (χ2v) is 8.30. The predicted molar refractivity (Wildman–Crippen MR) is 98.2 cm³/mol. The second-order valence-electron chi connectivity index (χ2n) is 6.76. The zero-order chi connectivity index (χ0) is 18.1. The van der Waals surface area contributed by atoms with Crippen molar-refractivity contribution in [2.75, 3.05) is 6.54 Å². The van der Waals surface area contributed by atoms with Gasteiger partial charge in [-0.05, 0) is 38.0 Å². The molecule has 7 heteroatoms. The van der Waals surface area contributed by atoms with Crippen LogP contribution in [0.4, 0.5) is 0 Å². The standard InChI is InChI=1S/C18H21Cl2N3O2/c1-17(2,16(24)22-8-10-23-9-7-21-12-23)25-14-5-3-13(4-6-14)15-11-18(15,19)20/h3-7,9,12,15H,8,10-11H2,1-2H3,(H,22,24). The Balaban J connectivity index is 1.52. The van der Waals surface area contributed by atoms with Gasteiger partial charge in [0.1, 0.15) is 10.1 Å². The summed E-state index contributed by atoms with van der Waals surface area (Å²) in [6.45, 7) is 4.67. The van der Waals surface area contributed by atoms with Gasteiger partial charge in [-0.25, -0.2) is 4.98 Å². The van der Waals surface area contributed by atoms with Gasteiger partial charge in [-0.15, -0.1) is 23.2 Å². The molecule has 1 atom stereocenters. The van der Waals surface area contributed by atoms with E-state index in [9.17, 15) is 4.79 Å². The fraction of sp³-hybridized carbons (Fsp3) is 0.444. The molecule has 1 heterocycles. The van der Waals surface area contributed by atoms with Gasteiger partial charge in [0.2, 0.25) is 0 Å². The molecular formula is C18H21Cl2N3O2. The lowest BCUT2D eigenvalue weighted by Gasteiger charge is -2.25. The van der Waals surface area contributed by atoms with Crippen LogP contribution in [0.15, 0.2) is 43.0 Å². The minimum atomic E-state index is -0.973. The molecule has 3 rings (SSSR count). The van der Waals surface area contributed by atoms with Crippen molar-refractivity contribution >= 4 is 29.1 Å². The van der Waals surface area contributed by atoms with Gasteiger partial charge < -0.3 is 14.6 Å². The van der Waals surface area contributed by atoms with Gasteiger partial charge in [0.05, 0.1) is 6.33 Å². The maximum absolute atomic E-state index is 12.4. The first-order valence-electron chi connectivity index (χ1n) is 8.19. The summed E-state index contributed by atoms with van der Waals surface area (Å²) in [5.74, 6) is 0.637. The summed E-state index contributed by atoms with van der Waals surface area (Å²) in [6.07, 6.45) is 6.04. The highest BCUT2D eigenvalue weighted by Crippen LogP contribution is 2.59. The van der Waals surface area contributed by atoms with Crippen molar-refractivity contribution < 1.29 is 9.53 Å². The molecule has 1 aliphatic rings. The average Bonchev–Trinajstić information content (AvgIpc) is 2.96. The molecule has 1 unspecified atom stereocenters. The lowest BCUT2D eigenvalue weighted by molar-refractivity contribution is -0.134. The van der Waals surface area contributed by atoms with Gasteiger partial charge in [-0.2, -0.15) is 0 Å². The second kappa shape index (κ2) is 6.89. The highest BCUT2D eigenvalue weighted by Gasteiger charge is 2.52. The summed E-state index contributed by atoms with van der Waals surface area (Å²) in [7, 11) is 0. The van der Waals surface area contributed by atoms with E-state index < -0.39 is 9.93 Å². The zero-order valence-electron chi connectivity index (χ0n) is 14.2. The first kappa shape index (κ1) is 18.1. The summed E-state index contributed by atoms with van der Waals surface area (Å²) < 4.78 is 7.12. The van der Waals surface area contributed by atoms with Gasteiger partial charge >= 0.3 is 0 Å². The van der Waals surface area contributed by atoms with Crippen LogP contribution in [0.1, 0.15) is 31.7 Å². The number of nitrogens with one attached hydrogen (secondary N) is 1. The molecular weight excluding hydrogens is 361 g/mol. The molecule has 0 radical (unpaired) electrons. The molecule has 25 heavy (non-hydrogen) atoms. The summed E-state index contributed by atoms with van der Waals surface area (Å²) >= 11 is 12.2. The highest BCUT2D eigenvalue weighted by atomic mass is 35.5. The van der Waals surface area contributed by atoms with Gasteiger partial charge in [-0.3, -0.25) is 4.79 Å². The summed E-state index contributed by atoms with van der Waals surface area (Å²) in [5, 5.41) is 2.88. The fourth-order valence-electron chi connectivity index (χ4n) is 2.61. The Kier molecular flexibility index (Phi) is 4.98. The third-order valence-electron chi connectivity index (χ3n) is 4.24. The number of aromatic nitrogens is 2. The third kappa shape index (κ3) is 4.47. The van der Waals surface area contributed by atoms with Crippen molar-refractivity contribution in [1.82, 2.24) is 14.9 Å². The van der Waals surface area contributed by atoms with E-state index in [-0.39, 0.29) is 11.8 Å². The fourth-order valence-corrected chi connectivity index (χ4v) is 3.18. The smallest absolute Gasteiger partial charge is 0.263 e. The number of hydrogen-bond donors (Lipinski definition) is 1. The lowest BCUT2D eigenvalue weighted by atomic mass is 10.1. The number of ether oxygens (including phenoxy) is 1. The molecule has 1 aliphatic carbocycles. The number of carbonyl (C=O) groups is 1. The zero-order valence-corrected chi connectivity index (χ0v) is 15.7. The molecule has 1 N–H and O–H groups in total. The molecule has 0 spiro atoms. The van der Waals surface area contributed by atoms with E-state index in [4.69, 9.17) is 27.9 Å². The van der Waals surface area contributed by atoms with Crippen molar-refractivity contribution in [3.05, 3.63) is 48.5 Å². The molecule has 0 saturated heterocycles. The quantitative estimate of drug-likeness (QED) is 0.746. The number of carbonyl (C=O) groups excluding carboxylic acids is 1. The summed E-state index contributed by atoms with van der Waals surface area (Å²) in [6, 6.07) is 7.58. The minimum absolute atomic E-state index is 0.167. The van der Waals surface area contributed by atoms with Crippen molar-refractivity contribution in [2.24, 2.45) is 0 Å². The first-order valence-corrected chi connectivity index (χ1v) is 8.94. The minimum Gasteiger partial charge on any atom is -0.478 e. The summed E-state index contributed by atoms with van der Waals surface area (Å²) in [5.41, 5.74) is 0.110. The molecule has 5 nitrogen and oxygen atoms in total. The van der Waals surface area contributed by atoms with Crippen molar-refractivity contribution in [1.29, 1.82) is 0 Å². The Morgan fingerprint density at radius 2 is 2.08 bits per heavy atom. The molecule has 1 saturated carbocycles. The molecule has 1 aromatic carbocycles. The molecule has 2 aromatic rings. The van der Waals surface area contributed by atoms with Crippen LogP contribution in [-0.2, 0) is 11.3 Å². The van der Waals surface area contributed by atoms with E-state index in [0.717, 1.165) is 12.0 Å². The number of benzene rings is 1. The lowest BCUT2D eigenvalue weighted by Crippen LogP contribution is -2.47. The van der Waals surface area contributed by atoms with Crippen molar-refractivity contribution in [3.8, 4) is 5.75 Å². The Bertz CT molecular complexity index is 727. The van der Waals surface area contributed by atoms with E-state index in [2.05, 4.69) is 10.3 Å². The van der Waals surface area contributed by atoms with E-state index in [0.29, 0.717) is 18.8 Å². The Hall–Kier alpha value is -1.72. The molecule has 0 aliphatic heterocycles. The molecule has 0 bridgehead atoms. The predicted octanol–water partition coefficient (Wildman–Crippen LogP) is 3.52. The Morgan fingerprint density at radius 3 is 2.64 bits per heavy atom. The number of imidazole rings is 1. The molecule has 1 aromatic heterocycles. The van der Waals surface area contributed by atoms with Gasteiger partial charge in [0, 0.05) is 31.4 Å². The van der Waals surface area contributed by atoms with Crippen LogP contribution in [0.5, 0.6) is 5.75 Å². The van der Waals surface area contributed by atoms with Gasteiger partial charge in [-0.1, -0.05) is 12.1 Å². The first-order chi connectivity index (χ1) is 11.8. The summed E-state index contributed by atoms with van der Waals surface area (Å²) in [4.78, 5) is 16.3. The number of amides is 1. The number of rotatable bonds is 7. The van der Waals surface area contributed by atoms with Crippen LogP contribution in [0.2, 0.25) is 0 Å². The highest BCUT2D eigenvalue weighted by molar-refractivity contribution is 6.51. The SMILES string of the molecule is CC(C)(Oc1ccc(C2CC2(Cl)Cl)cc1)C(=O)NCCn1ccnc1. The largest absolute Gasteiger partial charge is 0.478 e. The van der Waals surface area contributed by atoms with Crippen LogP contribution in [0.3, 0.4) is 0 Å². The van der Waals surface area contributed by atoms with Crippen LogP contribution in [0, 0.1) is 0 Å². The number of hydrogen-bond acceptors (Lipinski definition) is 3. The maximum atomic E-state index is 12.4. The van der Waals surface area contributed by atoms with Crippen molar-refractivity contribution in [2.45, 2.75) is 42.7 Å². The normalized spacial score (nSPS) is 18.6. The monoisotopic (exact) mass is 381 g/mol. The van der Waals surface area contributed by atoms with Gasteiger partial charge in [0.15, 0.2) is 5.60 Å². The number of halogens is 2. The topological polar surface area (TPSA) is 56.1 Å². The Morgan fingerprint density at radius 1 is 1.40 bits per heavy atom. The maximum Gasteiger partial charge on any atom is 0.263 e. The molecule has 1 amide bonds. The van der Waals surface area contributed by atoms with Crippen LogP contribution >= 0.6 is 23.2 Å². The van der Waals surface area contributed by atoms with Gasteiger partial charge in [0.25, 0.3) is 5.91 Å². The Labute approximate surface area is 157 Å². The number of alkyl halides is 2. The van der Waals surface area contributed by atoms with E-state index in [1.165, 1.54) is 0 Å². The van der Waals surface area contributed by atoms with E-state index in [1.807, 2.05) is 35.0 Å². The van der Waals surface area contributed by atoms with Crippen LogP contribution in [-0.4, -0.2) is 31.9 Å².